The fourth-order valence-electron chi connectivity index (χ4n) is 1.69. The number of thioether (sulfide) groups is 1. The molecule has 14 heavy (non-hydrogen) atoms. The molecule has 1 aliphatic rings. The molecule has 0 bridgehead atoms. The van der Waals surface area contributed by atoms with Gasteiger partial charge in [0.2, 0.25) is 0 Å². The molecule has 1 aliphatic carbocycles. The molecular weight excluding hydrogens is 216 g/mol. The van der Waals surface area contributed by atoms with Gasteiger partial charge in [-0.3, -0.25) is 0 Å². The number of aromatic nitrogens is 1. The standard InChI is InChI=1S/C10H13ClN2S/c11-9-6-5-8(12)10(13-9)14-7-3-1-2-4-7/h5-7H,1-4,12H2. The van der Waals surface area contributed by atoms with E-state index in [0.29, 0.717) is 10.4 Å². The van der Waals surface area contributed by atoms with E-state index < -0.39 is 0 Å². The maximum absolute atomic E-state index is 5.83. The van der Waals surface area contributed by atoms with Gasteiger partial charge in [0.05, 0.1) is 5.69 Å². The molecule has 0 radical (unpaired) electrons. The van der Waals surface area contributed by atoms with Crippen molar-refractivity contribution in [3.8, 4) is 0 Å². The van der Waals surface area contributed by atoms with E-state index in [2.05, 4.69) is 4.98 Å². The quantitative estimate of drug-likeness (QED) is 0.789. The SMILES string of the molecule is Nc1ccc(Cl)nc1SC1CCCC1. The van der Waals surface area contributed by atoms with Crippen LogP contribution in [0, 0.1) is 0 Å². The van der Waals surface area contributed by atoms with E-state index in [4.69, 9.17) is 17.3 Å². The first-order valence-corrected chi connectivity index (χ1v) is 6.10. The third kappa shape index (κ3) is 2.34. The van der Waals surface area contributed by atoms with Crippen molar-refractivity contribution >= 4 is 29.1 Å². The minimum atomic E-state index is 0.527. The van der Waals surface area contributed by atoms with Crippen molar-refractivity contribution in [3.05, 3.63) is 17.3 Å². The Morgan fingerprint density at radius 1 is 1.36 bits per heavy atom. The lowest BCUT2D eigenvalue weighted by Gasteiger charge is -2.09. The Labute approximate surface area is 93.2 Å². The Kier molecular flexibility index (Phi) is 3.19. The monoisotopic (exact) mass is 228 g/mol. The first-order chi connectivity index (χ1) is 6.75. The van der Waals surface area contributed by atoms with Crippen LogP contribution < -0.4 is 5.73 Å². The van der Waals surface area contributed by atoms with Crippen molar-refractivity contribution < 1.29 is 0 Å². The smallest absolute Gasteiger partial charge is 0.130 e. The zero-order valence-electron chi connectivity index (χ0n) is 7.87. The van der Waals surface area contributed by atoms with Gasteiger partial charge in [0.15, 0.2) is 0 Å². The van der Waals surface area contributed by atoms with E-state index >= 15 is 0 Å². The van der Waals surface area contributed by atoms with Crippen LogP contribution in [0.1, 0.15) is 25.7 Å². The Morgan fingerprint density at radius 2 is 2.07 bits per heavy atom. The van der Waals surface area contributed by atoms with Gasteiger partial charge >= 0.3 is 0 Å². The summed E-state index contributed by atoms with van der Waals surface area (Å²) in [6, 6.07) is 3.56. The van der Waals surface area contributed by atoms with Gasteiger partial charge in [-0.05, 0) is 25.0 Å². The fraction of sp³-hybridized carbons (Fsp3) is 0.500. The Hall–Kier alpha value is -0.410. The summed E-state index contributed by atoms with van der Waals surface area (Å²) in [5.74, 6) is 0. The fourth-order valence-corrected chi connectivity index (χ4v) is 3.12. The second-order valence-corrected chi connectivity index (χ2v) is 5.23. The summed E-state index contributed by atoms with van der Waals surface area (Å²) in [4.78, 5) is 4.24. The minimum absolute atomic E-state index is 0.527. The third-order valence-electron chi connectivity index (χ3n) is 2.44. The summed E-state index contributed by atoms with van der Waals surface area (Å²) in [5, 5.41) is 2.10. The highest BCUT2D eigenvalue weighted by molar-refractivity contribution is 8.00. The molecule has 0 aromatic carbocycles. The van der Waals surface area contributed by atoms with Crippen molar-refractivity contribution in [1.29, 1.82) is 0 Å². The van der Waals surface area contributed by atoms with Crippen LogP contribution in [0.15, 0.2) is 17.2 Å². The van der Waals surface area contributed by atoms with E-state index in [1.54, 1.807) is 17.8 Å². The van der Waals surface area contributed by atoms with Crippen molar-refractivity contribution in [2.24, 2.45) is 0 Å². The number of nitrogens with two attached hydrogens (primary N) is 1. The lowest BCUT2D eigenvalue weighted by Crippen LogP contribution is -1.98. The summed E-state index contributed by atoms with van der Waals surface area (Å²) >= 11 is 7.59. The van der Waals surface area contributed by atoms with Crippen LogP contribution >= 0.6 is 23.4 Å². The predicted octanol–water partition coefficient (Wildman–Crippen LogP) is 3.35. The van der Waals surface area contributed by atoms with Gasteiger partial charge in [0.1, 0.15) is 10.2 Å². The molecule has 2 rings (SSSR count). The highest BCUT2D eigenvalue weighted by Crippen LogP contribution is 2.36. The molecule has 0 unspecified atom stereocenters. The van der Waals surface area contributed by atoms with E-state index in [9.17, 15) is 0 Å². The molecule has 1 heterocycles. The first kappa shape index (κ1) is 10.1. The van der Waals surface area contributed by atoms with Crippen LogP contribution in [0.5, 0.6) is 0 Å². The van der Waals surface area contributed by atoms with E-state index in [1.807, 2.05) is 6.07 Å². The predicted molar refractivity (Wildman–Crippen MR) is 61.8 cm³/mol. The molecule has 0 aliphatic heterocycles. The lowest BCUT2D eigenvalue weighted by atomic mass is 10.4. The van der Waals surface area contributed by atoms with Crippen LogP contribution in [0.25, 0.3) is 0 Å². The van der Waals surface area contributed by atoms with Crippen LogP contribution in [0.3, 0.4) is 0 Å². The Bertz CT molecular complexity index is 324. The molecule has 1 fully saturated rings. The summed E-state index contributed by atoms with van der Waals surface area (Å²) in [6.07, 6.45) is 5.22. The zero-order valence-corrected chi connectivity index (χ0v) is 9.44. The van der Waals surface area contributed by atoms with Gasteiger partial charge in [-0.1, -0.05) is 24.4 Å². The summed E-state index contributed by atoms with van der Waals surface area (Å²) in [5.41, 5.74) is 6.57. The Balaban J connectivity index is 2.10. The van der Waals surface area contributed by atoms with E-state index in [0.717, 1.165) is 10.7 Å². The number of nitrogens with zero attached hydrogens (tertiary/aromatic N) is 1. The molecular formula is C10H13ClN2S. The second-order valence-electron chi connectivity index (χ2n) is 3.55. The average Bonchev–Trinajstić information content (AvgIpc) is 2.64. The number of anilines is 1. The summed E-state index contributed by atoms with van der Waals surface area (Å²) < 4.78 is 0. The number of halogens is 1. The van der Waals surface area contributed by atoms with Crippen LogP contribution in [0.4, 0.5) is 5.69 Å². The average molecular weight is 229 g/mol. The van der Waals surface area contributed by atoms with Gasteiger partial charge < -0.3 is 5.73 Å². The normalized spacial score (nSPS) is 17.5. The first-order valence-electron chi connectivity index (χ1n) is 4.84. The molecule has 4 heteroatoms. The van der Waals surface area contributed by atoms with Crippen LogP contribution in [-0.4, -0.2) is 10.2 Å². The molecule has 0 atom stereocenters. The highest BCUT2D eigenvalue weighted by atomic mass is 35.5. The number of pyridine rings is 1. The number of hydrogen-bond donors (Lipinski definition) is 1. The number of rotatable bonds is 2. The maximum Gasteiger partial charge on any atom is 0.130 e. The molecule has 0 saturated heterocycles. The number of nitrogen functional groups attached to an aromatic ring is 1. The van der Waals surface area contributed by atoms with Crippen molar-refractivity contribution in [3.63, 3.8) is 0 Å². The van der Waals surface area contributed by atoms with Crippen molar-refractivity contribution in [1.82, 2.24) is 4.98 Å². The van der Waals surface area contributed by atoms with Crippen LogP contribution in [0.2, 0.25) is 5.15 Å². The second kappa shape index (κ2) is 4.41. The van der Waals surface area contributed by atoms with Gasteiger partial charge in [0, 0.05) is 5.25 Å². The third-order valence-corrected chi connectivity index (χ3v) is 4.00. The van der Waals surface area contributed by atoms with Gasteiger partial charge in [-0.25, -0.2) is 4.98 Å². The minimum Gasteiger partial charge on any atom is -0.397 e. The molecule has 2 N–H and O–H groups in total. The summed E-state index contributed by atoms with van der Waals surface area (Å²) in [6.45, 7) is 0. The zero-order chi connectivity index (χ0) is 9.97. The summed E-state index contributed by atoms with van der Waals surface area (Å²) in [7, 11) is 0. The molecule has 0 spiro atoms. The van der Waals surface area contributed by atoms with Gasteiger partial charge in [-0.15, -0.1) is 11.8 Å². The molecule has 2 nitrogen and oxygen atoms in total. The van der Waals surface area contributed by atoms with Crippen molar-refractivity contribution in [2.45, 2.75) is 36.0 Å². The maximum atomic E-state index is 5.83. The molecule has 0 amide bonds. The molecule has 76 valence electrons. The molecule has 1 saturated carbocycles. The molecule has 1 aromatic heterocycles. The van der Waals surface area contributed by atoms with Gasteiger partial charge in [-0.2, -0.15) is 0 Å². The highest BCUT2D eigenvalue weighted by Gasteiger charge is 2.18. The van der Waals surface area contributed by atoms with Crippen molar-refractivity contribution in [2.75, 3.05) is 5.73 Å². The number of hydrogen-bond acceptors (Lipinski definition) is 3. The van der Waals surface area contributed by atoms with Crippen LogP contribution in [-0.2, 0) is 0 Å². The Morgan fingerprint density at radius 3 is 2.79 bits per heavy atom. The van der Waals surface area contributed by atoms with E-state index in [-0.39, 0.29) is 0 Å². The molecule has 1 aromatic rings. The largest absolute Gasteiger partial charge is 0.397 e. The lowest BCUT2D eigenvalue weighted by molar-refractivity contribution is 0.886. The van der Waals surface area contributed by atoms with E-state index in [1.165, 1.54) is 25.7 Å². The van der Waals surface area contributed by atoms with Gasteiger partial charge in [0.25, 0.3) is 0 Å². The topological polar surface area (TPSA) is 38.9 Å².